The summed E-state index contributed by atoms with van der Waals surface area (Å²) >= 11 is 0. The van der Waals surface area contributed by atoms with Crippen molar-refractivity contribution in [3.05, 3.63) is 24.0 Å². The average molecular weight is 371 g/mol. The van der Waals surface area contributed by atoms with E-state index in [9.17, 15) is 22.8 Å². The van der Waals surface area contributed by atoms with Gasteiger partial charge in [-0.1, -0.05) is 6.58 Å². The van der Waals surface area contributed by atoms with E-state index < -0.39 is 24.7 Å². The Morgan fingerprint density at radius 3 is 2.69 bits per heavy atom. The highest BCUT2D eigenvalue weighted by molar-refractivity contribution is 6.11. The van der Waals surface area contributed by atoms with Gasteiger partial charge < -0.3 is 20.3 Å². The first-order valence-electron chi connectivity index (χ1n) is 7.66. The van der Waals surface area contributed by atoms with Crippen molar-refractivity contribution in [1.29, 1.82) is 5.26 Å². The van der Waals surface area contributed by atoms with Crippen LogP contribution in [-0.4, -0.2) is 67.1 Å². The molecule has 0 aromatic carbocycles. The molecule has 1 amide bonds. The Morgan fingerprint density at radius 2 is 2.19 bits per heavy atom. The van der Waals surface area contributed by atoms with E-state index in [1.165, 1.54) is 11.9 Å². The average Bonchev–Trinajstić information content (AvgIpc) is 3.00. The first kappa shape index (κ1) is 21.2. The molecule has 2 atom stereocenters. The van der Waals surface area contributed by atoms with Gasteiger partial charge in [-0.3, -0.25) is 9.79 Å². The molecule has 1 aliphatic heterocycles. The van der Waals surface area contributed by atoms with Gasteiger partial charge in [0, 0.05) is 37.6 Å². The molecule has 0 aromatic heterocycles. The molecule has 0 radical (unpaired) electrons. The molecule has 0 saturated carbocycles. The number of likely N-dealkylation sites (N-methyl/N-ethyl adjacent to an activating group) is 1. The molecule has 1 heterocycles. The summed E-state index contributed by atoms with van der Waals surface area (Å²) in [5.74, 6) is -0.925. The summed E-state index contributed by atoms with van der Waals surface area (Å²) in [5, 5.41) is 9.17. The Kier molecular flexibility index (Phi) is 7.37. The number of amides is 1. The molecule has 1 fully saturated rings. The SMILES string of the molecule is C=C(CN(C)C(=O)C(C=NCC(F)(F)F)=CN)N1CC(C=O)CC1C#N. The monoisotopic (exact) mass is 371 g/mol. The van der Waals surface area contributed by atoms with Crippen molar-refractivity contribution in [3.63, 3.8) is 0 Å². The third-order valence-electron chi connectivity index (χ3n) is 3.77. The maximum absolute atomic E-state index is 12.3. The third kappa shape index (κ3) is 5.91. The van der Waals surface area contributed by atoms with Crippen molar-refractivity contribution in [2.45, 2.75) is 18.6 Å². The first-order chi connectivity index (χ1) is 12.1. The molecular weight excluding hydrogens is 351 g/mol. The van der Waals surface area contributed by atoms with Crippen LogP contribution in [0, 0.1) is 17.2 Å². The van der Waals surface area contributed by atoms with Crippen LogP contribution in [0.3, 0.4) is 0 Å². The van der Waals surface area contributed by atoms with E-state index in [0.29, 0.717) is 18.7 Å². The molecule has 10 heteroatoms. The quantitative estimate of drug-likeness (QED) is 0.406. The van der Waals surface area contributed by atoms with Gasteiger partial charge in [-0.15, -0.1) is 0 Å². The molecule has 1 rings (SSSR count). The van der Waals surface area contributed by atoms with Gasteiger partial charge in [0.2, 0.25) is 0 Å². The topological polar surface area (TPSA) is 103 Å². The lowest BCUT2D eigenvalue weighted by Crippen LogP contribution is -2.37. The van der Waals surface area contributed by atoms with Crippen molar-refractivity contribution in [3.8, 4) is 6.07 Å². The summed E-state index contributed by atoms with van der Waals surface area (Å²) in [6.07, 6.45) is -1.67. The second-order valence-electron chi connectivity index (χ2n) is 5.86. The number of hydrogen-bond donors (Lipinski definition) is 1. The van der Waals surface area contributed by atoms with Crippen LogP contribution in [0.15, 0.2) is 29.0 Å². The summed E-state index contributed by atoms with van der Waals surface area (Å²) in [4.78, 5) is 29.2. The number of alkyl halides is 3. The number of nitrogens with zero attached hydrogens (tertiary/aromatic N) is 4. The lowest BCUT2D eigenvalue weighted by molar-refractivity contribution is -0.125. The number of aliphatic imine (C=N–C) groups is 1. The molecule has 0 bridgehead atoms. The van der Waals surface area contributed by atoms with Gasteiger partial charge in [0.25, 0.3) is 5.91 Å². The van der Waals surface area contributed by atoms with E-state index in [1.807, 2.05) is 0 Å². The number of carbonyl (C=O) groups excluding carboxylic acids is 2. The molecule has 142 valence electrons. The molecule has 7 nitrogen and oxygen atoms in total. The highest BCUT2D eigenvalue weighted by atomic mass is 19.4. The number of aldehydes is 1. The standard InChI is InChI=1S/C16H20F3N5O2/c1-11(24-8-12(9-25)3-14(24)5-21)7-23(2)15(26)13(4-20)6-22-10-16(17,18)19/h4,6,9,12,14H,1,3,7-8,10,20H2,2H3. The molecular formula is C16H20F3N5O2. The highest BCUT2D eigenvalue weighted by Crippen LogP contribution is 2.25. The summed E-state index contributed by atoms with van der Waals surface area (Å²) in [6.45, 7) is 2.77. The molecule has 0 aromatic rings. The second kappa shape index (κ2) is 9.03. The Labute approximate surface area is 149 Å². The largest absolute Gasteiger partial charge is 0.407 e. The zero-order valence-corrected chi connectivity index (χ0v) is 14.2. The van der Waals surface area contributed by atoms with Crippen molar-refractivity contribution in [1.82, 2.24) is 9.80 Å². The zero-order chi connectivity index (χ0) is 19.9. The van der Waals surface area contributed by atoms with Crippen LogP contribution < -0.4 is 5.73 Å². The molecule has 1 saturated heterocycles. The minimum atomic E-state index is -4.48. The lowest BCUT2D eigenvalue weighted by atomic mass is 10.1. The van der Waals surface area contributed by atoms with Gasteiger partial charge in [-0.25, -0.2) is 0 Å². The number of rotatable bonds is 7. The van der Waals surface area contributed by atoms with Gasteiger partial charge in [0.1, 0.15) is 18.9 Å². The van der Waals surface area contributed by atoms with Crippen LogP contribution in [0.2, 0.25) is 0 Å². The van der Waals surface area contributed by atoms with Crippen molar-refractivity contribution in [2.75, 3.05) is 26.7 Å². The van der Waals surface area contributed by atoms with E-state index in [2.05, 4.69) is 17.6 Å². The number of likely N-dealkylation sites (tertiary alicyclic amines) is 1. The first-order valence-corrected chi connectivity index (χ1v) is 7.66. The van der Waals surface area contributed by atoms with Crippen LogP contribution in [0.4, 0.5) is 13.2 Å². The van der Waals surface area contributed by atoms with Gasteiger partial charge >= 0.3 is 6.18 Å². The summed E-state index contributed by atoms with van der Waals surface area (Å²) in [5.41, 5.74) is 5.54. The second-order valence-corrected chi connectivity index (χ2v) is 5.86. The van der Waals surface area contributed by atoms with E-state index in [0.717, 1.165) is 18.7 Å². The number of nitrogens with two attached hydrogens (primary N) is 1. The minimum Gasteiger partial charge on any atom is -0.404 e. The summed E-state index contributed by atoms with van der Waals surface area (Å²) in [7, 11) is 1.42. The van der Waals surface area contributed by atoms with Crippen molar-refractivity contribution >= 4 is 18.4 Å². The van der Waals surface area contributed by atoms with Crippen molar-refractivity contribution in [2.24, 2.45) is 16.6 Å². The van der Waals surface area contributed by atoms with Gasteiger partial charge in [0.15, 0.2) is 0 Å². The smallest absolute Gasteiger partial charge is 0.404 e. The number of nitriles is 1. The Bertz CT molecular complexity index is 651. The number of halogens is 3. The van der Waals surface area contributed by atoms with E-state index in [4.69, 9.17) is 11.0 Å². The Balaban J connectivity index is 2.72. The normalized spacial score (nSPS) is 20.9. The number of hydrogen-bond acceptors (Lipinski definition) is 6. The van der Waals surface area contributed by atoms with E-state index in [-0.39, 0.29) is 18.0 Å². The van der Waals surface area contributed by atoms with Gasteiger partial charge in [0.05, 0.1) is 18.2 Å². The molecule has 0 spiro atoms. The van der Waals surface area contributed by atoms with Crippen LogP contribution in [0.25, 0.3) is 0 Å². The fraction of sp³-hybridized carbons (Fsp3) is 0.500. The molecule has 26 heavy (non-hydrogen) atoms. The summed E-state index contributed by atoms with van der Waals surface area (Å²) in [6, 6.07) is 1.57. The highest BCUT2D eigenvalue weighted by Gasteiger charge is 2.33. The van der Waals surface area contributed by atoms with Gasteiger partial charge in [-0.2, -0.15) is 18.4 Å². The maximum Gasteiger partial charge on any atom is 0.407 e. The lowest BCUT2D eigenvalue weighted by Gasteiger charge is -2.28. The Hall–Kier alpha value is -2.83. The van der Waals surface area contributed by atoms with Crippen LogP contribution in [0.1, 0.15) is 6.42 Å². The maximum atomic E-state index is 12.3. The van der Waals surface area contributed by atoms with Gasteiger partial charge in [-0.05, 0) is 6.42 Å². The van der Waals surface area contributed by atoms with E-state index in [1.54, 1.807) is 4.90 Å². The summed E-state index contributed by atoms with van der Waals surface area (Å²) < 4.78 is 36.4. The zero-order valence-electron chi connectivity index (χ0n) is 14.2. The van der Waals surface area contributed by atoms with Crippen molar-refractivity contribution < 1.29 is 22.8 Å². The molecule has 2 N–H and O–H groups in total. The number of carbonyl (C=O) groups is 2. The van der Waals surface area contributed by atoms with E-state index >= 15 is 0 Å². The van der Waals surface area contributed by atoms with Crippen LogP contribution in [0.5, 0.6) is 0 Å². The molecule has 0 aliphatic carbocycles. The van der Waals surface area contributed by atoms with Crippen LogP contribution in [-0.2, 0) is 9.59 Å². The van der Waals surface area contributed by atoms with Crippen LogP contribution >= 0.6 is 0 Å². The Morgan fingerprint density at radius 1 is 1.54 bits per heavy atom. The minimum absolute atomic E-state index is 0.0209. The predicted molar refractivity (Wildman–Crippen MR) is 88.7 cm³/mol. The molecule has 2 unspecified atom stereocenters. The fourth-order valence-corrected chi connectivity index (χ4v) is 2.51. The third-order valence-corrected chi connectivity index (χ3v) is 3.77. The predicted octanol–water partition coefficient (Wildman–Crippen LogP) is 0.847. The molecule has 1 aliphatic rings. The fourth-order valence-electron chi connectivity index (χ4n) is 2.51.